The first-order chi connectivity index (χ1) is 9.08. The van der Waals surface area contributed by atoms with Crippen LogP contribution >= 0.6 is 0 Å². The Morgan fingerprint density at radius 3 is 2.89 bits per heavy atom. The van der Waals surface area contributed by atoms with Gasteiger partial charge in [0.1, 0.15) is 0 Å². The normalized spacial score (nSPS) is 28.3. The number of nitrogens with one attached hydrogen (secondary N) is 1. The second-order valence-corrected chi connectivity index (χ2v) is 5.84. The van der Waals surface area contributed by atoms with Gasteiger partial charge in [-0.25, -0.2) is 0 Å². The van der Waals surface area contributed by atoms with Gasteiger partial charge in [0.2, 0.25) is 0 Å². The number of allylic oxidation sites excluding steroid dienone is 4. The fourth-order valence-electron chi connectivity index (χ4n) is 2.72. The van der Waals surface area contributed by atoms with Crippen molar-refractivity contribution < 1.29 is 0 Å². The van der Waals surface area contributed by atoms with Gasteiger partial charge in [0.15, 0.2) is 0 Å². The Labute approximate surface area is 119 Å². The van der Waals surface area contributed by atoms with Crippen LogP contribution < -0.4 is 5.32 Å². The van der Waals surface area contributed by atoms with Crippen LogP contribution in [0.4, 0.5) is 0 Å². The Morgan fingerprint density at radius 1 is 1.53 bits per heavy atom. The second-order valence-electron chi connectivity index (χ2n) is 5.84. The highest BCUT2D eigenvalue weighted by Crippen LogP contribution is 2.32. The number of rotatable bonds is 7. The van der Waals surface area contributed by atoms with Crippen molar-refractivity contribution in [3.05, 3.63) is 49.2 Å². The summed E-state index contributed by atoms with van der Waals surface area (Å²) in [5.74, 6) is 2.24. The zero-order valence-corrected chi connectivity index (χ0v) is 12.7. The van der Waals surface area contributed by atoms with Gasteiger partial charge >= 0.3 is 0 Å². The van der Waals surface area contributed by atoms with Crippen molar-refractivity contribution in [3.63, 3.8) is 0 Å². The summed E-state index contributed by atoms with van der Waals surface area (Å²) in [5, 5.41) is 3.55. The molecule has 0 radical (unpaired) electrons. The van der Waals surface area contributed by atoms with Crippen LogP contribution in [0.1, 0.15) is 40.0 Å². The smallest absolute Gasteiger partial charge is 0.0475 e. The SMILES string of the molecule is C=C/C=C\C(=C)NC1C=CCC(C)C1CC(C)CC. The fraction of sp³-hybridized carbons (Fsp3) is 0.556. The van der Waals surface area contributed by atoms with Gasteiger partial charge in [0, 0.05) is 11.7 Å². The quantitative estimate of drug-likeness (QED) is 0.509. The van der Waals surface area contributed by atoms with E-state index in [9.17, 15) is 0 Å². The molecule has 0 aromatic heterocycles. The van der Waals surface area contributed by atoms with E-state index in [1.54, 1.807) is 6.08 Å². The minimum absolute atomic E-state index is 0.416. The Morgan fingerprint density at radius 2 is 2.26 bits per heavy atom. The van der Waals surface area contributed by atoms with Crippen molar-refractivity contribution >= 4 is 0 Å². The van der Waals surface area contributed by atoms with Gasteiger partial charge < -0.3 is 5.32 Å². The highest BCUT2D eigenvalue weighted by molar-refractivity contribution is 5.19. The maximum absolute atomic E-state index is 4.07. The molecule has 1 N–H and O–H groups in total. The maximum atomic E-state index is 4.07. The molecule has 4 atom stereocenters. The number of hydrogen-bond acceptors (Lipinski definition) is 1. The van der Waals surface area contributed by atoms with Crippen molar-refractivity contribution in [1.82, 2.24) is 5.32 Å². The summed E-state index contributed by atoms with van der Waals surface area (Å²) < 4.78 is 0. The molecule has 1 aliphatic carbocycles. The molecule has 0 saturated heterocycles. The second kappa shape index (κ2) is 8.04. The summed E-state index contributed by atoms with van der Waals surface area (Å²) in [5.41, 5.74) is 0.970. The topological polar surface area (TPSA) is 12.0 Å². The summed E-state index contributed by atoms with van der Waals surface area (Å²) >= 11 is 0. The third-order valence-corrected chi connectivity index (χ3v) is 4.20. The largest absolute Gasteiger partial charge is 0.379 e. The van der Waals surface area contributed by atoms with Crippen molar-refractivity contribution in [1.29, 1.82) is 0 Å². The maximum Gasteiger partial charge on any atom is 0.0475 e. The minimum Gasteiger partial charge on any atom is -0.379 e. The summed E-state index contributed by atoms with van der Waals surface area (Å²) in [6.07, 6.45) is 14.1. The first kappa shape index (κ1) is 15.8. The Balaban J connectivity index is 2.68. The van der Waals surface area contributed by atoms with E-state index in [0.29, 0.717) is 12.0 Å². The average Bonchev–Trinajstić information content (AvgIpc) is 2.40. The molecular weight excluding hydrogens is 230 g/mol. The van der Waals surface area contributed by atoms with E-state index in [1.807, 2.05) is 12.2 Å². The third kappa shape index (κ3) is 5.10. The monoisotopic (exact) mass is 259 g/mol. The predicted molar refractivity (Wildman–Crippen MR) is 85.9 cm³/mol. The van der Waals surface area contributed by atoms with E-state index in [4.69, 9.17) is 0 Å². The molecule has 0 bridgehead atoms. The molecule has 1 heteroatoms. The van der Waals surface area contributed by atoms with Crippen molar-refractivity contribution in [3.8, 4) is 0 Å². The van der Waals surface area contributed by atoms with Crippen LogP contribution in [0.2, 0.25) is 0 Å². The minimum atomic E-state index is 0.416. The molecule has 0 spiro atoms. The summed E-state index contributed by atoms with van der Waals surface area (Å²) in [7, 11) is 0. The van der Waals surface area contributed by atoms with Crippen LogP contribution in [0.3, 0.4) is 0 Å². The highest BCUT2D eigenvalue weighted by Gasteiger charge is 2.28. The standard InChI is InChI=1S/C18H29N/c1-6-8-11-16(5)19-18-12-9-10-15(4)17(18)13-14(3)7-2/h6,8-9,11-12,14-15,17-19H,1,5,7,10,13H2,2-4H3/b11-8-. The van der Waals surface area contributed by atoms with Crippen LogP contribution in [0.25, 0.3) is 0 Å². The molecule has 0 aliphatic heterocycles. The zero-order valence-electron chi connectivity index (χ0n) is 12.7. The van der Waals surface area contributed by atoms with Crippen LogP contribution in [0, 0.1) is 17.8 Å². The van der Waals surface area contributed by atoms with E-state index < -0.39 is 0 Å². The van der Waals surface area contributed by atoms with E-state index in [2.05, 4.69) is 51.4 Å². The van der Waals surface area contributed by atoms with Gasteiger partial charge in [0.05, 0.1) is 0 Å². The third-order valence-electron chi connectivity index (χ3n) is 4.20. The summed E-state index contributed by atoms with van der Waals surface area (Å²) in [6.45, 7) is 14.8. The number of hydrogen-bond donors (Lipinski definition) is 1. The molecule has 106 valence electrons. The molecule has 0 saturated carbocycles. The van der Waals surface area contributed by atoms with E-state index >= 15 is 0 Å². The molecule has 4 unspecified atom stereocenters. The Kier molecular flexibility index (Phi) is 6.69. The van der Waals surface area contributed by atoms with Crippen LogP contribution in [0.5, 0.6) is 0 Å². The molecule has 0 aromatic carbocycles. The van der Waals surface area contributed by atoms with Crippen molar-refractivity contribution in [2.45, 2.75) is 46.1 Å². The average molecular weight is 259 g/mol. The molecule has 0 amide bonds. The lowest BCUT2D eigenvalue weighted by atomic mass is 9.75. The van der Waals surface area contributed by atoms with Gasteiger partial charge in [-0.3, -0.25) is 0 Å². The lowest BCUT2D eigenvalue weighted by Gasteiger charge is -2.35. The predicted octanol–water partition coefficient (Wildman–Crippen LogP) is 4.85. The summed E-state index contributed by atoms with van der Waals surface area (Å²) in [6, 6.07) is 0.416. The van der Waals surface area contributed by atoms with E-state index in [-0.39, 0.29) is 0 Å². The molecule has 19 heavy (non-hydrogen) atoms. The van der Waals surface area contributed by atoms with Crippen LogP contribution in [0.15, 0.2) is 49.2 Å². The fourth-order valence-corrected chi connectivity index (χ4v) is 2.72. The van der Waals surface area contributed by atoms with Gasteiger partial charge in [0.25, 0.3) is 0 Å². The molecule has 0 aromatic rings. The Bertz CT molecular complexity index is 351. The molecule has 1 nitrogen and oxygen atoms in total. The van der Waals surface area contributed by atoms with Crippen LogP contribution in [-0.4, -0.2) is 6.04 Å². The van der Waals surface area contributed by atoms with Gasteiger partial charge in [-0.05, 0) is 36.7 Å². The van der Waals surface area contributed by atoms with Crippen LogP contribution in [-0.2, 0) is 0 Å². The molecule has 1 rings (SSSR count). The Hall–Kier alpha value is -1.24. The van der Waals surface area contributed by atoms with Gasteiger partial charge in [-0.1, -0.05) is 64.7 Å². The van der Waals surface area contributed by atoms with Crippen molar-refractivity contribution in [2.24, 2.45) is 17.8 Å². The first-order valence-electron chi connectivity index (χ1n) is 7.49. The van der Waals surface area contributed by atoms with Crippen molar-refractivity contribution in [2.75, 3.05) is 0 Å². The zero-order chi connectivity index (χ0) is 14.3. The van der Waals surface area contributed by atoms with E-state index in [1.165, 1.54) is 19.3 Å². The molecule has 0 fully saturated rings. The molecule has 1 aliphatic rings. The lowest BCUT2D eigenvalue weighted by molar-refractivity contribution is 0.240. The lowest BCUT2D eigenvalue weighted by Crippen LogP contribution is -2.39. The first-order valence-corrected chi connectivity index (χ1v) is 7.49. The summed E-state index contributed by atoms with van der Waals surface area (Å²) in [4.78, 5) is 0. The van der Waals surface area contributed by atoms with Gasteiger partial charge in [-0.2, -0.15) is 0 Å². The molecular formula is C18H29N. The molecule has 0 heterocycles. The highest BCUT2D eigenvalue weighted by atomic mass is 14.9. The van der Waals surface area contributed by atoms with E-state index in [0.717, 1.165) is 17.5 Å². The van der Waals surface area contributed by atoms with Gasteiger partial charge in [-0.15, -0.1) is 0 Å².